The topological polar surface area (TPSA) is 11.4 Å². The van der Waals surface area contributed by atoms with E-state index < -0.39 is 0 Å². The number of aromatic nitrogens is 1. The van der Waals surface area contributed by atoms with E-state index in [1.807, 2.05) is 11.3 Å². The largest absolute Gasteiger partial charge is 0.310 e. The fourth-order valence-electron chi connectivity index (χ4n) is 9.00. The number of nitrogens with zero attached hydrogens (tertiary/aromatic N) is 3. The molecule has 4 heteroatoms. The van der Waals surface area contributed by atoms with Crippen molar-refractivity contribution in [2.24, 2.45) is 0 Å². The first-order valence-corrected chi connectivity index (χ1v) is 20.6. The first-order chi connectivity index (χ1) is 28.7. The van der Waals surface area contributed by atoms with Gasteiger partial charge >= 0.3 is 0 Å². The zero-order valence-electron chi connectivity index (χ0n) is 31.5. The Morgan fingerprint density at radius 1 is 0.259 bits per heavy atom. The van der Waals surface area contributed by atoms with Crippen molar-refractivity contribution in [1.29, 1.82) is 0 Å². The Bertz CT molecular complexity index is 3280. The van der Waals surface area contributed by atoms with Crippen molar-refractivity contribution in [2.75, 3.05) is 9.80 Å². The van der Waals surface area contributed by atoms with Gasteiger partial charge in [-0.3, -0.25) is 0 Å². The van der Waals surface area contributed by atoms with E-state index in [0.29, 0.717) is 0 Å². The summed E-state index contributed by atoms with van der Waals surface area (Å²) in [4.78, 5) is 4.81. The Labute approximate surface area is 340 Å². The minimum Gasteiger partial charge on any atom is -0.310 e. The van der Waals surface area contributed by atoms with E-state index in [2.05, 4.69) is 227 Å². The van der Waals surface area contributed by atoms with Gasteiger partial charge in [-0.15, -0.1) is 11.3 Å². The number of hydrogen-bond acceptors (Lipinski definition) is 3. The number of rotatable bonds is 3. The summed E-state index contributed by atoms with van der Waals surface area (Å²) < 4.78 is 4.99. The predicted octanol–water partition coefficient (Wildman–Crippen LogP) is 15.7. The molecule has 58 heavy (non-hydrogen) atoms. The first-order valence-electron chi connectivity index (χ1n) is 19.7. The molecule has 0 unspecified atom stereocenters. The van der Waals surface area contributed by atoms with E-state index in [1.54, 1.807) is 0 Å². The summed E-state index contributed by atoms with van der Waals surface area (Å²) in [5, 5.41) is 5.09. The lowest BCUT2D eigenvalue weighted by atomic mass is 10.00. The van der Waals surface area contributed by atoms with Gasteiger partial charge in [-0.25, -0.2) is 0 Å². The molecule has 0 spiro atoms. The molecule has 3 nitrogen and oxygen atoms in total. The lowest BCUT2D eigenvalue weighted by Crippen LogP contribution is -2.11. The molecule has 0 amide bonds. The summed E-state index contributed by atoms with van der Waals surface area (Å²) in [6, 6.07) is 77.9. The second-order valence-corrected chi connectivity index (χ2v) is 16.1. The van der Waals surface area contributed by atoms with Crippen molar-refractivity contribution in [3.63, 3.8) is 0 Å². The van der Waals surface area contributed by atoms with Gasteiger partial charge in [0, 0.05) is 70.8 Å². The van der Waals surface area contributed by atoms with Crippen LogP contribution in [-0.2, 0) is 0 Å². The highest BCUT2D eigenvalue weighted by Gasteiger charge is 2.21. The van der Waals surface area contributed by atoms with Crippen LogP contribution in [0.5, 0.6) is 0 Å². The summed E-state index contributed by atoms with van der Waals surface area (Å²) in [6.07, 6.45) is 0. The molecular weight excluding hydrogens is 723 g/mol. The van der Waals surface area contributed by atoms with Gasteiger partial charge in [0.1, 0.15) is 0 Å². The third-order valence-electron chi connectivity index (χ3n) is 11.6. The highest BCUT2D eigenvalue weighted by molar-refractivity contribution is 7.25. The molecule has 0 atom stereocenters. The molecule has 0 radical (unpaired) electrons. The van der Waals surface area contributed by atoms with Crippen LogP contribution in [0.2, 0.25) is 0 Å². The molecule has 3 heterocycles. The number of anilines is 6. The van der Waals surface area contributed by atoms with E-state index in [-0.39, 0.29) is 0 Å². The maximum atomic E-state index is 2.41. The van der Waals surface area contributed by atoms with Crippen LogP contribution in [0.3, 0.4) is 0 Å². The molecule has 0 fully saturated rings. The van der Waals surface area contributed by atoms with Crippen LogP contribution in [0.25, 0.3) is 69.9 Å². The van der Waals surface area contributed by atoms with Crippen molar-refractivity contribution >= 4 is 87.4 Å². The highest BCUT2D eigenvalue weighted by Crippen LogP contribution is 2.45. The van der Waals surface area contributed by atoms with Gasteiger partial charge in [-0.1, -0.05) is 115 Å². The van der Waals surface area contributed by atoms with Gasteiger partial charge < -0.3 is 14.4 Å². The van der Waals surface area contributed by atoms with Gasteiger partial charge in [0.25, 0.3) is 0 Å². The van der Waals surface area contributed by atoms with Crippen LogP contribution in [0.4, 0.5) is 34.1 Å². The van der Waals surface area contributed by atoms with Gasteiger partial charge in [-0.2, -0.15) is 0 Å². The molecule has 272 valence electrons. The Morgan fingerprint density at radius 2 is 0.690 bits per heavy atom. The SMILES string of the molecule is c1ccc(-n2c3ccccc3c3ccc(N4c5cccc(c5)-c5cccc(c5)N(c5ccc6c(c5)sc5ccccc56)c5cccc(c5)-c5cccc4c5)cc32)cc1. The number of para-hydroxylation sites is 2. The lowest BCUT2D eigenvalue weighted by Gasteiger charge is -2.28. The molecule has 9 aromatic carbocycles. The average Bonchev–Trinajstić information content (AvgIpc) is 3.82. The lowest BCUT2D eigenvalue weighted by molar-refractivity contribution is 1.18. The maximum Gasteiger partial charge on any atom is 0.0561 e. The van der Waals surface area contributed by atoms with Crippen LogP contribution in [0.1, 0.15) is 0 Å². The summed E-state index contributed by atoms with van der Waals surface area (Å²) in [5.74, 6) is 0. The summed E-state index contributed by atoms with van der Waals surface area (Å²) >= 11 is 1.86. The van der Waals surface area contributed by atoms with Crippen LogP contribution in [-0.4, -0.2) is 4.57 Å². The molecule has 0 saturated heterocycles. The zero-order valence-corrected chi connectivity index (χ0v) is 32.3. The van der Waals surface area contributed by atoms with E-state index in [1.165, 1.54) is 42.0 Å². The molecule has 0 saturated carbocycles. The third-order valence-corrected chi connectivity index (χ3v) is 12.8. The number of benzene rings is 9. The molecule has 12 rings (SSSR count). The van der Waals surface area contributed by atoms with Crippen LogP contribution in [0.15, 0.2) is 212 Å². The predicted molar refractivity (Wildman–Crippen MR) is 247 cm³/mol. The standard InChI is InChI=1S/C54H35N3S/c1-2-16-40(17-3-1)57-51-24-6-4-22-47(51)48-28-26-45(34-52(48)57)55-41-18-8-12-36(30-41)38-14-10-20-43(32-38)56(44-21-11-15-39(33-44)37-13-9-19-42(55)31-37)46-27-29-50-49-23-5-7-25-53(49)58-54(50)35-46/h1-35H. The summed E-state index contributed by atoms with van der Waals surface area (Å²) in [7, 11) is 0. The second-order valence-electron chi connectivity index (χ2n) is 15.0. The smallest absolute Gasteiger partial charge is 0.0561 e. The molecule has 0 aliphatic carbocycles. The van der Waals surface area contributed by atoms with Crippen molar-refractivity contribution in [3.8, 4) is 27.9 Å². The van der Waals surface area contributed by atoms with Crippen molar-refractivity contribution in [1.82, 2.24) is 4.57 Å². The summed E-state index contributed by atoms with van der Waals surface area (Å²) in [6.45, 7) is 0. The van der Waals surface area contributed by atoms with Gasteiger partial charge in [0.15, 0.2) is 0 Å². The molecule has 1 aliphatic heterocycles. The van der Waals surface area contributed by atoms with Crippen LogP contribution >= 0.6 is 11.3 Å². The Morgan fingerprint density at radius 3 is 1.29 bits per heavy atom. The zero-order chi connectivity index (χ0) is 38.2. The molecule has 2 aromatic heterocycles. The van der Waals surface area contributed by atoms with Crippen molar-refractivity contribution in [3.05, 3.63) is 212 Å². The Hall–Kier alpha value is -7.40. The molecule has 11 aromatic rings. The van der Waals surface area contributed by atoms with E-state index in [4.69, 9.17) is 0 Å². The highest BCUT2D eigenvalue weighted by atomic mass is 32.1. The molecular formula is C54H35N3S. The third kappa shape index (κ3) is 5.27. The fraction of sp³-hybridized carbons (Fsp3) is 0. The minimum atomic E-state index is 1.10. The van der Waals surface area contributed by atoms with Crippen LogP contribution in [0, 0.1) is 0 Å². The quantitative estimate of drug-likeness (QED) is 0.178. The van der Waals surface area contributed by atoms with E-state index in [0.717, 1.165) is 62.1 Å². The van der Waals surface area contributed by atoms with Crippen molar-refractivity contribution in [2.45, 2.75) is 0 Å². The average molecular weight is 758 g/mol. The normalized spacial score (nSPS) is 12.4. The maximum absolute atomic E-state index is 2.41. The monoisotopic (exact) mass is 757 g/mol. The minimum absolute atomic E-state index is 1.10. The second kappa shape index (κ2) is 13.1. The molecule has 0 N–H and O–H groups in total. The van der Waals surface area contributed by atoms with E-state index in [9.17, 15) is 0 Å². The number of fused-ring (bicyclic) bond motifs is 16. The fourth-order valence-corrected chi connectivity index (χ4v) is 10.1. The number of hydrogen-bond donors (Lipinski definition) is 0. The Kier molecular flexibility index (Phi) is 7.40. The van der Waals surface area contributed by atoms with E-state index >= 15 is 0 Å². The van der Waals surface area contributed by atoms with Gasteiger partial charge in [0.2, 0.25) is 0 Å². The van der Waals surface area contributed by atoms with Gasteiger partial charge in [0.05, 0.1) is 11.0 Å². The van der Waals surface area contributed by atoms with Gasteiger partial charge in [-0.05, 0) is 119 Å². The first kappa shape index (κ1) is 32.8. The molecule has 1 aliphatic rings. The van der Waals surface area contributed by atoms with Crippen molar-refractivity contribution < 1.29 is 0 Å². The summed E-state index contributed by atoms with van der Waals surface area (Å²) in [5.41, 5.74) is 14.8. The Balaban J connectivity index is 1.07. The molecule has 8 bridgehead atoms. The number of thiophene rings is 1. The van der Waals surface area contributed by atoms with Crippen LogP contribution < -0.4 is 9.80 Å².